The largest absolute Gasteiger partial charge is 0.488 e. The minimum absolute atomic E-state index is 0.327. The molecule has 0 fully saturated rings. The lowest BCUT2D eigenvalue weighted by atomic mass is 10.3. The highest BCUT2D eigenvalue weighted by Crippen LogP contribution is 2.26. The molecule has 17 heavy (non-hydrogen) atoms. The van der Waals surface area contributed by atoms with Gasteiger partial charge in [-0.3, -0.25) is 0 Å². The monoisotopic (exact) mass is 252 g/mol. The molecule has 0 saturated carbocycles. The summed E-state index contributed by atoms with van der Waals surface area (Å²) < 4.78 is 10.2. The molecule has 0 N–H and O–H groups in total. The molecule has 0 amide bonds. The number of hydrogen-bond acceptors (Lipinski definition) is 4. The molecule has 4 heteroatoms. The van der Waals surface area contributed by atoms with Crippen LogP contribution in [-0.4, -0.2) is 25.9 Å². The fourth-order valence-electron chi connectivity index (χ4n) is 1.24. The number of carbonyl (C=O) groups excluding carboxylic acids is 1. The van der Waals surface area contributed by atoms with E-state index in [2.05, 4.69) is 4.74 Å². The van der Waals surface area contributed by atoms with Crippen molar-refractivity contribution in [2.75, 3.05) is 20.0 Å². The summed E-state index contributed by atoms with van der Waals surface area (Å²) in [5.74, 6) is 0.501. The second kappa shape index (κ2) is 7.01. The van der Waals surface area contributed by atoms with Crippen LogP contribution in [0.4, 0.5) is 0 Å². The van der Waals surface area contributed by atoms with Gasteiger partial charge in [-0.2, -0.15) is 0 Å². The molecule has 0 unspecified atom stereocenters. The van der Waals surface area contributed by atoms with Crippen LogP contribution in [-0.2, 0) is 9.53 Å². The molecule has 0 atom stereocenters. The van der Waals surface area contributed by atoms with Gasteiger partial charge in [0.25, 0.3) is 0 Å². The average Bonchev–Trinajstić information content (AvgIpc) is 2.38. The van der Waals surface area contributed by atoms with Crippen molar-refractivity contribution in [2.45, 2.75) is 11.8 Å². The van der Waals surface area contributed by atoms with Crippen LogP contribution in [0.1, 0.15) is 6.92 Å². The first kappa shape index (κ1) is 13.6. The van der Waals surface area contributed by atoms with E-state index < -0.39 is 0 Å². The van der Waals surface area contributed by atoms with Crippen molar-refractivity contribution in [1.82, 2.24) is 0 Å². The van der Waals surface area contributed by atoms with Gasteiger partial charge in [-0.15, -0.1) is 11.8 Å². The van der Waals surface area contributed by atoms with E-state index in [1.165, 1.54) is 7.11 Å². The van der Waals surface area contributed by atoms with E-state index in [9.17, 15) is 4.79 Å². The van der Waals surface area contributed by atoms with Crippen LogP contribution in [0.15, 0.2) is 40.8 Å². The molecule has 0 aliphatic heterocycles. The number of methoxy groups -OCH3 is 1. The van der Waals surface area contributed by atoms with Gasteiger partial charge < -0.3 is 9.47 Å². The van der Waals surface area contributed by atoms with Crippen LogP contribution in [0.25, 0.3) is 0 Å². The third-order valence-corrected chi connectivity index (χ3v) is 2.98. The van der Waals surface area contributed by atoms with Crippen LogP contribution in [0, 0.1) is 0 Å². The highest BCUT2D eigenvalue weighted by atomic mass is 32.2. The third-order valence-electron chi connectivity index (χ3n) is 2.20. The van der Waals surface area contributed by atoms with Crippen molar-refractivity contribution in [3.05, 3.63) is 35.9 Å². The highest BCUT2D eigenvalue weighted by molar-refractivity contribution is 7.98. The summed E-state index contributed by atoms with van der Waals surface area (Å²) in [5.41, 5.74) is 0.550. The maximum atomic E-state index is 11.1. The average molecular weight is 252 g/mol. The Morgan fingerprint density at radius 2 is 2.12 bits per heavy atom. The van der Waals surface area contributed by atoms with Crippen molar-refractivity contribution in [2.24, 2.45) is 0 Å². The third kappa shape index (κ3) is 4.15. The Kier molecular flexibility index (Phi) is 5.63. The molecule has 92 valence electrons. The maximum Gasteiger partial charge on any atom is 0.333 e. The molecule has 3 nitrogen and oxygen atoms in total. The summed E-state index contributed by atoms with van der Waals surface area (Å²) >= 11 is 1.63. The van der Waals surface area contributed by atoms with Gasteiger partial charge in [-0.1, -0.05) is 12.1 Å². The van der Waals surface area contributed by atoms with Crippen molar-refractivity contribution < 1.29 is 14.3 Å². The van der Waals surface area contributed by atoms with E-state index in [1.807, 2.05) is 30.5 Å². The second-order valence-corrected chi connectivity index (χ2v) is 4.19. The summed E-state index contributed by atoms with van der Waals surface area (Å²) in [6.45, 7) is 2.06. The molecule has 0 aliphatic rings. The first-order valence-corrected chi connectivity index (χ1v) is 6.42. The molecule has 0 heterocycles. The minimum Gasteiger partial charge on any atom is -0.488 e. The zero-order chi connectivity index (χ0) is 12.7. The van der Waals surface area contributed by atoms with E-state index >= 15 is 0 Å². The number of carbonyl (C=O) groups is 1. The predicted molar refractivity (Wildman–Crippen MR) is 69.5 cm³/mol. The molecular weight excluding hydrogens is 236 g/mol. The van der Waals surface area contributed by atoms with Crippen LogP contribution >= 0.6 is 11.8 Å². The number of ether oxygens (including phenoxy) is 2. The number of thioether (sulfide) groups is 1. The van der Waals surface area contributed by atoms with Gasteiger partial charge in [0.2, 0.25) is 0 Å². The topological polar surface area (TPSA) is 35.5 Å². The Labute approximate surface area is 106 Å². The second-order valence-electron chi connectivity index (χ2n) is 3.34. The van der Waals surface area contributed by atoms with Gasteiger partial charge in [-0.25, -0.2) is 4.79 Å². The summed E-state index contributed by atoms with van der Waals surface area (Å²) in [4.78, 5) is 12.2. The van der Waals surface area contributed by atoms with Crippen molar-refractivity contribution in [1.29, 1.82) is 0 Å². The SMILES string of the molecule is COC(=O)C(C)=CCOc1ccccc1SC. The smallest absolute Gasteiger partial charge is 0.333 e. The molecule has 0 spiro atoms. The van der Waals surface area contributed by atoms with Gasteiger partial charge in [0.15, 0.2) is 0 Å². The predicted octanol–water partition coefficient (Wildman–Crippen LogP) is 2.91. The van der Waals surface area contributed by atoms with Crippen LogP contribution in [0.2, 0.25) is 0 Å². The quantitative estimate of drug-likeness (QED) is 0.458. The fraction of sp³-hybridized carbons (Fsp3) is 0.308. The van der Waals surface area contributed by atoms with Crippen molar-refractivity contribution >= 4 is 17.7 Å². The first-order valence-electron chi connectivity index (χ1n) is 5.20. The molecule has 1 rings (SSSR count). The molecule has 0 bridgehead atoms. The number of para-hydroxylation sites is 1. The molecule has 0 radical (unpaired) electrons. The van der Waals surface area contributed by atoms with Gasteiger partial charge in [0.05, 0.1) is 7.11 Å². The van der Waals surface area contributed by atoms with Crippen LogP contribution in [0.3, 0.4) is 0 Å². The van der Waals surface area contributed by atoms with Crippen molar-refractivity contribution in [3.8, 4) is 5.75 Å². The lowest BCUT2D eigenvalue weighted by molar-refractivity contribution is -0.136. The standard InChI is InChI=1S/C13H16O3S/c1-10(13(14)15-2)8-9-16-11-6-4-5-7-12(11)17-3/h4-8H,9H2,1-3H3. The zero-order valence-corrected chi connectivity index (χ0v) is 11.0. The van der Waals surface area contributed by atoms with Gasteiger partial charge >= 0.3 is 5.97 Å². The lowest BCUT2D eigenvalue weighted by Crippen LogP contribution is -2.04. The molecular formula is C13H16O3S. The van der Waals surface area contributed by atoms with E-state index in [4.69, 9.17) is 4.74 Å². The Balaban J connectivity index is 2.59. The van der Waals surface area contributed by atoms with Gasteiger partial charge in [0.1, 0.15) is 12.4 Å². The number of benzene rings is 1. The Bertz CT molecular complexity index is 413. The molecule has 0 saturated heterocycles. The van der Waals surface area contributed by atoms with E-state index in [1.54, 1.807) is 24.8 Å². The van der Waals surface area contributed by atoms with Crippen molar-refractivity contribution in [3.63, 3.8) is 0 Å². The van der Waals surface area contributed by atoms with E-state index in [0.29, 0.717) is 12.2 Å². The lowest BCUT2D eigenvalue weighted by Gasteiger charge is -2.07. The Morgan fingerprint density at radius 1 is 1.41 bits per heavy atom. The number of esters is 1. The summed E-state index contributed by atoms with van der Waals surface area (Å²) in [5, 5.41) is 0. The van der Waals surface area contributed by atoms with E-state index in [-0.39, 0.29) is 5.97 Å². The summed E-state index contributed by atoms with van der Waals surface area (Å²) in [6, 6.07) is 7.80. The number of hydrogen-bond donors (Lipinski definition) is 0. The van der Waals surface area contributed by atoms with E-state index in [0.717, 1.165) is 10.6 Å². The highest BCUT2D eigenvalue weighted by Gasteiger charge is 2.03. The molecule has 0 aliphatic carbocycles. The molecule has 1 aromatic carbocycles. The number of rotatable bonds is 5. The maximum absolute atomic E-state index is 11.1. The fourth-order valence-corrected chi connectivity index (χ4v) is 1.78. The van der Waals surface area contributed by atoms with Crippen LogP contribution < -0.4 is 4.74 Å². The minimum atomic E-state index is -0.327. The van der Waals surface area contributed by atoms with Gasteiger partial charge in [-0.05, 0) is 31.4 Å². The molecule has 0 aromatic heterocycles. The Morgan fingerprint density at radius 3 is 2.76 bits per heavy atom. The molecule has 1 aromatic rings. The summed E-state index contributed by atoms with van der Waals surface area (Å²) in [7, 11) is 1.36. The first-order chi connectivity index (χ1) is 8.19. The van der Waals surface area contributed by atoms with Crippen LogP contribution in [0.5, 0.6) is 5.75 Å². The normalized spacial score (nSPS) is 11.1. The zero-order valence-electron chi connectivity index (χ0n) is 10.2. The Hall–Kier alpha value is -1.42. The van der Waals surface area contributed by atoms with Gasteiger partial charge in [0, 0.05) is 10.5 Å². The summed E-state index contributed by atoms with van der Waals surface area (Å²) in [6.07, 6.45) is 3.71.